The van der Waals surface area contributed by atoms with E-state index in [1.165, 1.54) is 54.8 Å². The van der Waals surface area contributed by atoms with E-state index in [9.17, 15) is 5.11 Å². The van der Waals surface area contributed by atoms with E-state index in [0.29, 0.717) is 6.61 Å². The summed E-state index contributed by atoms with van der Waals surface area (Å²) in [7, 11) is 0. The SMILES string of the molecule is O[C@H](COc1ccc(-c2ccccc2)cc1)C[NH+]1CCCCCC1. The fourth-order valence-electron chi connectivity index (χ4n) is 3.39. The van der Waals surface area contributed by atoms with Crippen molar-refractivity contribution in [2.45, 2.75) is 31.8 Å². The van der Waals surface area contributed by atoms with Crippen LogP contribution < -0.4 is 9.64 Å². The van der Waals surface area contributed by atoms with E-state index in [4.69, 9.17) is 4.74 Å². The first-order valence-corrected chi connectivity index (χ1v) is 9.11. The van der Waals surface area contributed by atoms with Gasteiger partial charge in [0.05, 0.1) is 13.1 Å². The standard InChI is InChI=1S/C21H27NO2/c23-20(16-22-14-6-1-2-7-15-22)17-24-21-12-10-19(11-13-21)18-8-4-3-5-9-18/h3-5,8-13,20,23H,1-2,6-7,14-17H2/p+1/t20-/m0/s1. The van der Waals surface area contributed by atoms with Crippen molar-refractivity contribution in [3.05, 3.63) is 54.6 Å². The summed E-state index contributed by atoms with van der Waals surface area (Å²) >= 11 is 0. The van der Waals surface area contributed by atoms with Gasteiger partial charge in [-0.25, -0.2) is 0 Å². The predicted octanol–water partition coefficient (Wildman–Crippen LogP) is 2.55. The molecule has 24 heavy (non-hydrogen) atoms. The Hall–Kier alpha value is -1.84. The molecule has 0 aliphatic carbocycles. The molecular formula is C21H28NO2+. The van der Waals surface area contributed by atoms with Crippen molar-refractivity contribution in [2.75, 3.05) is 26.2 Å². The Morgan fingerprint density at radius 3 is 2.12 bits per heavy atom. The van der Waals surface area contributed by atoms with Crippen LogP contribution in [0.25, 0.3) is 11.1 Å². The number of aliphatic hydroxyl groups is 1. The van der Waals surface area contributed by atoms with Crippen molar-refractivity contribution in [2.24, 2.45) is 0 Å². The highest BCUT2D eigenvalue weighted by molar-refractivity contribution is 5.63. The van der Waals surface area contributed by atoms with Gasteiger partial charge in [-0.2, -0.15) is 0 Å². The van der Waals surface area contributed by atoms with E-state index in [-0.39, 0.29) is 0 Å². The van der Waals surface area contributed by atoms with Crippen LogP contribution in [0.3, 0.4) is 0 Å². The van der Waals surface area contributed by atoms with Gasteiger partial charge >= 0.3 is 0 Å². The van der Waals surface area contributed by atoms with Crippen LogP contribution in [0.1, 0.15) is 25.7 Å². The normalized spacial score (nSPS) is 17.2. The third kappa shape index (κ3) is 5.08. The lowest BCUT2D eigenvalue weighted by molar-refractivity contribution is -0.902. The summed E-state index contributed by atoms with van der Waals surface area (Å²) in [4.78, 5) is 1.52. The summed E-state index contributed by atoms with van der Waals surface area (Å²) in [6, 6.07) is 18.4. The first-order chi connectivity index (χ1) is 11.8. The number of likely N-dealkylation sites (tertiary alicyclic amines) is 1. The molecule has 3 heteroatoms. The van der Waals surface area contributed by atoms with E-state index >= 15 is 0 Å². The van der Waals surface area contributed by atoms with E-state index in [1.54, 1.807) is 0 Å². The van der Waals surface area contributed by atoms with Crippen LogP contribution in [0.5, 0.6) is 5.75 Å². The van der Waals surface area contributed by atoms with Gasteiger partial charge in [0.2, 0.25) is 0 Å². The van der Waals surface area contributed by atoms with Gasteiger partial charge in [-0.3, -0.25) is 0 Å². The van der Waals surface area contributed by atoms with Crippen LogP contribution >= 0.6 is 0 Å². The fraction of sp³-hybridized carbons (Fsp3) is 0.429. The molecule has 1 fully saturated rings. The van der Waals surface area contributed by atoms with E-state index < -0.39 is 6.10 Å². The number of ether oxygens (including phenoxy) is 1. The highest BCUT2D eigenvalue weighted by atomic mass is 16.5. The summed E-state index contributed by atoms with van der Waals surface area (Å²) in [6.45, 7) is 3.53. The Bertz CT molecular complexity index is 589. The molecule has 1 heterocycles. The number of rotatable bonds is 6. The molecule has 3 nitrogen and oxygen atoms in total. The van der Waals surface area contributed by atoms with E-state index in [2.05, 4.69) is 24.3 Å². The van der Waals surface area contributed by atoms with Crippen LogP contribution in [-0.4, -0.2) is 37.5 Å². The lowest BCUT2D eigenvalue weighted by Crippen LogP contribution is -3.13. The number of hydrogen-bond donors (Lipinski definition) is 2. The van der Waals surface area contributed by atoms with Gasteiger partial charge in [0, 0.05) is 0 Å². The van der Waals surface area contributed by atoms with Crippen molar-refractivity contribution < 1.29 is 14.7 Å². The second-order valence-corrected chi connectivity index (χ2v) is 6.72. The average molecular weight is 326 g/mol. The lowest BCUT2D eigenvalue weighted by atomic mass is 10.1. The highest BCUT2D eigenvalue weighted by Crippen LogP contribution is 2.22. The van der Waals surface area contributed by atoms with Crippen molar-refractivity contribution in [3.63, 3.8) is 0 Å². The Morgan fingerprint density at radius 1 is 0.833 bits per heavy atom. The molecule has 2 N–H and O–H groups in total. The number of benzene rings is 2. The van der Waals surface area contributed by atoms with Gasteiger partial charge in [0.1, 0.15) is 25.0 Å². The van der Waals surface area contributed by atoms with Crippen LogP contribution in [-0.2, 0) is 0 Å². The maximum absolute atomic E-state index is 10.2. The number of hydrogen-bond acceptors (Lipinski definition) is 2. The molecule has 2 aromatic rings. The Morgan fingerprint density at radius 2 is 1.46 bits per heavy atom. The average Bonchev–Trinajstić information content (AvgIpc) is 2.90. The minimum absolute atomic E-state index is 0.369. The molecule has 1 aliphatic heterocycles. The molecule has 3 rings (SSSR count). The second-order valence-electron chi connectivity index (χ2n) is 6.72. The molecule has 0 spiro atoms. The number of aliphatic hydroxyl groups excluding tert-OH is 1. The highest BCUT2D eigenvalue weighted by Gasteiger charge is 2.17. The maximum Gasteiger partial charge on any atom is 0.137 e. The second kappa shape index (κ2) is 8.86. The molecule has 0 saturated carbocycles. The zero-order chi connectivity index (χ0) is 16.6. The molecule has 0 aromatic heterocycles. The smallest absolute Gasteiger partial charge is 0.137 e. The Labute approximate surface area is 144 Å². The largest absolute Gasteiger partial charge is 0.491 e. The summed E-state index contributed by atoms with van der Waals surface area (Å²) in [6.07, 6.45) is 4.84. The van der Waals surface area contributed by atoms with Gasteiger partial charge in [0.25, 0.3) is 0 Å². The molecule has 0 bridgehead atoms. The zero-order valence-corrected chi connectivity index (χ0v) is 14.3. The van der Waals surface area contributed by atoms with Crippen LogP contribution in [0.15, 0.2) is 54.6 Å². The maximum atomic E-state index is 10.2. The minimum Gasteiger partial charge on any atom is -0.491 e. The molecule has 128 valence electrons. The monoisotopic (exact) mass is 326 g/mol. The minimum atomic E-state index is -0.396. The zero-order valence-electron chi connectivity index (χ0n) is 14.3. The first kappa shape index (κ1) is 17.0. The van der Waals surface area contributed by atoms with Gasteiger partial charge in [0.15, 0.2) is 0 Å². The van der Waals surface area contributed by atoms with Crippen LogP contribution in [0, 0.1) is 0 Å². The van der Waals surface area contributed by atoms with E-state index in [1.807, 2.05) is 30.3 Å². The summed E-state index contributed by atoms with van der Waals surface area (Å²) in [5.41, 5.74) is 2.38. The third-order valence-electron chi connectivity index (χ3n) is 4.74. The Balaban J connectivity index is 1.47. The Kier molecular flexibility index (Phi) is 6.27. The predicted molar refractivity (Wildman–Crippen MR) is 97.4 cm³/mol. The number of quaternary nitrogens is 1. The molecule has 1 saturated heterocycles. The van der Waals surface area contributed by atoms with Gasteiger partial charge in [-0.15, -0.1) is 0 Å². The van der Waals surface area contributed by atoms with Gasteiger partial charge in [-0.1, -0.05) is 42.5 Å². The van der Waals surface area contributed by atoms with Gasteiger partial charge < -0.3 is 14.7 Å². The van der Waals surface area contributed by atoms with Crippen LogP contribution in [0.2, 0.25) is 0 Å². The van der Waals surface area contributed by atoms with E-state index in [0.717, 1.165) is 12.3 Å². The molecule has 0 radical (unpaired) electrons. The quantitative estimate of drug-likeness (QED) is 0.855. The van der Waals surface area contributed by atoms with Crippen molar-refractivity contribution in [1.29, 1.82) is 0 Å². The lowest BCUT2D eigenvalue weighted by Gasteiger charge is -2.20. The summed E-state index contributed by atoms with van der Waals surface area (Å²) < 4.78 is 5.77. The third-order valence-corrected chi connectivity index (χ3v) is 4.74. The summed E-state index contributed by atoms with van der Waals surface area (Å²) in [5.74, 6) is 0.819. The van der Waals surface area contributed by atoms with Crippen molar-refractivity contribution >= 4 is 0 Å². The summed E-state index contributed by atoms with van der Waals surface area (Å²) in [5, 5.41) is 10.2. The molecule has 1 atom stereocenters. The first-order valence-electron chi connectivity index (χ1n) is 9.11. The molecule has 0 unspecified atom stereocenters. The van der Waals surface area contributed by atoms with Crippen molar-refractivity contribution in [1.82, 2.24) is 0 Å². The van der Waals surface area contributed by atoms with Crippen LogP contribution in [0.4, 0.5) is 0 Å². The van der Waals surface area contributed by atoms with Gasteiger partial charge in [-0.05, 0) is 48.9 Å². The molecule has 1 aliphatic rings. The van der Waals surface area contributed by atoms with Crippen molar-refractivity contribution in [3.8, 4) is 16.9 Å². The fourth-order valence-corrected chi connectivity index (χ4v) is 3.39. The molecule has 2 aromatic carbocycles. The number of nitrogens with one attached hydrogen (secondary N) is 1. The molecular weight excluding hydrogens is 298 g/mol. The molecule has 0 amide bonds. The topological polar surface area (TPSA) is 33.9 Å².